The highest BCUT2D eigenvalue weighted by Crippen LogP contribution is 2.38. The summed E-state index contributed by atoms with van der Waals surface area (Å²) in [6, 6.07) is 23.3. The summed E-state index contributed by atoms with van der Waals surface area (Å²) < 4.78 is 43.2. The zero-order valence-electron chi connectivity index (χ0n) is 24.1. The Kier molecular flexibility index (Phi) is 10.3. The Hall–Kier alpha value is -3.58. The van der Waals surface area contributed by atoms with Crippen LogP contribution in [-0.4, -0.2) is 41.1 Å². The fourth-order valence-electron chi connectivity index (χ4n) is 5.56. The van der Waals surface area contributed by atoms with E-state index in [1.54, 1.807) is 6.07 Å². The lowest BCUT2D eigenvalue weighted by molar-refractivity contribution is -0.137. The van der Waals surface area contributed by atoms with Gasteiger partial charge in [0.15, 0.2) is 0 Å². The predicted octanol–water partition coefficient (Wildman–Crippen LogP) is 7.86. The number of aromatic nitrogens is 1. The molecule has 0 fully saturated rings. The SMILES string of the molecule is CCN(CC)CCCC(C)NC(=O)CC(c1cccc(C(F)(F)F)c1)c1cn(Cc2ccccc2)c2ccccc12. The number of alkyl halides is 3. The van der Waals surface area contributed by atoms with E-state index in [1.807, 2.05) is 67.7 Å². The molecule has 1 N–H and O–H groups in total. The van der Waals surface area contributed by atoms with Crippen LogP contribution in [0.25, 0.3) is 10.9 Å². The molecule has 1 aromatic heterocycles. The number of para-hydroxylation sites is 1. The summed E-state index contributed by atoms with van der Waals surface area (Å²) in [5.41, 5.74) is 2.71. The molecule has 7 heteroatoms. The highest BCUT2D eigenvalue weighted by atomic mass is 19.4. The molecule has 1 heterocycles. The molecular weight excluding hydrogens is 523 g/mol. The van der Waals surface area contributed by atoms with Gasteiger partial charge in [0.25, 0.3) is 0 Å². The second-order valence-electron chi connectivity index (χ2n) is 10.7. The zero-order chi connectivity index (χ0) is 29.4. The molecule has 3 aromatic carbocycles. The lowest BCUT2D eigenvalue weighted by Crippen LogP contribution is -2.34. The number of carbonyl (C=O) groups excluding carboxylic acids is 1. The number of nitrogens with zero attached hydrogens (tertiary/aromatic N) is 2. The van der Waals surface area contributed by atoms with Crippen LogP contribution in [0.2, 0.25) is 0 Å². The Labute approximate surface area is 241 Å². The van der Waals surface area contributed by atoms with E-state index < -0.39 is 17.7 Å². The predicted molar refractivity (Wildman–Crippen MR) is 160 cm³/mol. The molecule has 0 aliphatic heterocycles. The molecule has 4 rings (SSSR count). The van der Waals surface area contributed by atoms with Crippen molar-refractivity contribution in [3.63, 3.8) is 0 Å². The van der Waals surface area contributed by atoms with Gasteiger partial charge in [0.2, 0.25) is 5.91 Å². The zero-order valence-corrected chi connectivity index (χ0v) is 24.1. The van der Waals surface area contributed by atoms with Crippen LogP contribution in [0.4, 0.5) is 13.2 Å². The topological polar surface area (TPSA) is 37.3 Å². The van der Waals surface area contributed by atoms with Gasteiger partial charge in [-0.15, -0.1) is 0 Å². The van der Waals surface area contributed by atoms with Crippen LogP contribution in [0, 0.1) is 0 Å². The van der Waals surface area contributed by atoms with E-state index >= 15 is 0 Å². The summed E-state index contributed by atoms with van der Waals surface area (Å²) >= 11 is 0. The third-order valence-electron chi connectivity index (χ3n) is 7.81. The first-order chi connectivity index (χ1) is 19.7. The maximum atomic E-state index is 13.7. The van der Waals surface area contributed by atoms with E-state index in [9.17, 15) is 18.0 Å². The lowest BCUT2D eigenvalue weighted by Gasteiger charge is -2.22. The van der Waals surface area contributed by atoms with Crippen LogP contribution in [0.1, 0.15) is 68.2 Å². The third kappa shape index (κ3) is 8.00. The maximum Gasteiger partial charge on any atom is 0.416 e. The van der Waals surface area contributed by atoms with E-state index in [0.29, 0.717) is 12.1 Å². The summed E-state index contributed by atoms with van der Waals surface area (Å²) in [6.45, 7) is 9.85. The molecule has 0 aliphatic rings. The minimum absolute atomic E-state index is 0.0281. The number of benzene rings is 3. The fraction of sp³-hybridized carbons (Fsp3) is 0.382. The van der Waals surface area contributed by atoms with Gasteiger partial charge in [-0.3, -0.25) is 4.79 Å². The first-order valence-corrected chi connectivity index (χ1v) is 14.5. The Balaban J connectivity index is 1.64. The quantitative estimate of drug-likeness (QED) is 0.180. The van der Waals surface area contributed by atoms with Crippen molar-refractivity contribution >= 4 is 16.8 Å². The molecule has 1 amide bonds. The van der Waals surface area contributed by atoms with Crippen LogP contribution < -0.4 is 5.32 Å². The van der Waals surface area contributed by atoms with Crippen molar-refractivity contribution < 1.29 is 18.0 Å². The molecule has 218 valence electrons. The van der Waals surface area contributed by atoms with E-state index in [1.165, 1.54) is 12.1 Å². The molecule has 0 spiro atoms. The standard InChI is InChI=1S/C34H40F3N3O/c1-4-39(5-2)20-12-13-25(3)38-33(41)22-30(27-16-11-17-28(21-27)34(35,36)37)31-24-40(23-26-14-7-6-8-15-26)32-19-10-9-18-29(31)32/h6-11,14-19,21,24-25,30H,4-5,12-13,20,22-23H2,1-3H3,(H,38,41). The van der Waals surface area contributed by atoms with Crippen LogP contribution in [0.3, 0.4) is 0 Å². The molecule has 0 aliphatic carbocycles. The Morgan fingerprint density at radius 1 is 0.951 bits per heavy atom. The summed E-state index contributed by atoms with van der Waals surface area (Å²) in [5, 5.41) is 4.05. The van der Waals surface area contributed by atoms with E-state index in [-0.39, 0.29) is 18.4 Å². The Morgan fingerprint density at radius 2 is 1.66 bits per heavy atom. The van der Waals surface area contributed by atoms with Gasteiger partial charge < -0.3 is 14.8 Å². The summed E-state index contributed by atoms with van der Waals surface area (Å²) in [7, 11) is 0. The maximum absolute atomic E-state index is 13.7. The Bertz CT molecular complexity index is 1410. The van der Waals surface area contributed by atoms with Gasteiger partial charge in [0.1, 0.15) is 0 Å². The number of rotatable bonds is 13. The molecule has 0 radical (unpaired) electrons. The van der Waals surface area contributed by atoms with Crippen molar-refractivity contribution in [2.75, 3.05) is 19.6 Å². The number of amides is 1. The molecular formula is C34H40F3N3O. The number of nitrogens with one attached hydrogen (secondary N) is 1. The molecule has 0 bridgehead atoms. The molecule has 2 unspecified atom stereocenters. The summed E-state index contributed by atoms with van der Waals surface area (Å²) in [6.07, 6.45) is -0.603. The van der Waals surface area contributed by atoms with Crippen molar-refractivity contribution in [3.05, 3.63) is 107 Å². The average Bonchev–Trinajstić information content (AvgIpc) is 3.32. The largest absolute Gasteiger partial charge is 0.416 e. The summed E-state index contributed by atoms with van der Waals surface area (Å²) in [5.74, 6) is -0.704. The molecule has 2 atom stereocenters. The monoisotopic (exact) mass is 563 g/mol. The van der Waals surface area contributed by atoms with Crippen molar-refractivity contribution in [3.8, 4) is 0 Å². The van der Waals surface area contributed by atoms with Gasteiger partial charge in [-0.25, -0.2) is 0 Å². The minimum atomic E-state index is -4.47. The Morgan fingerprint density at radius 3 is 2.37 bits per heavy atom. The third-order valence-corrected chi connectivity index (χ3v) is 7.81. The van der Waals surface area contributed by atoms with E-state index in [2.05, 4.69) is 28.6 Å². The molecule has 41 heavy (non-hydrogen) atoms. The first kappa shape index (κ1) is 30.4. The van der Waals surface area contributed by atoms with Gasteiger partial charge in [0, 0.05) is 42.0 Å². The smallest absolute Gasteiger partial charge is 0.354 e. The highest BCUT2D eigenvalue weighted by Gasteiger charge is 2.32. The fourth-order valence-corrected chi connectivity index (χ4v) is 5.56. The highest BCUT2D eigenvalue weighted by molar-refractivity contribution is 5.87. The molecule has 4 aromatic rings. The number of halogens is 3. The molecule has 4 nitrogen and oxygen atoms in total. The number of carbonyl (C=O) groups is 1. The first-order valence-electron chi connectivity index (χ1n) is 14.5. The van der Waals surface area contributed by atoms with Crippen LogP contribution in [0.15, 0.2) is 85.1 Å². The normalized spacial score (nSPS) is 13.4. The van der Waals surface area contributed by atoms with Gasteiger partial charge in [-0.05, 0) is 68.2 Å². The number of hydrogen-bond donors (Lipinski definition) is 1. The van der Waals surface area contributed by atoms with Crippen molar-refractivity contribution in [2.45, 2.75) is 64.7 Å². The van der Waals surface area contributed by atoms with Crippen molar-refractivity contribution in [1.82, 2.24) is 14.8 Å². The van der Waals surface area contributed by atoms with Crippen LogP contribution in [-0.2, 0) is 17.5 Å². The lowest BCUT2D eigenvalue weighted by atomic mass is 9.87. The molecule has 0 saturated carbocycles. The molecule has 0 saturated heterocycles. The van der Waals surface area contributed by atoms with E-state index in [4.69, 9.17) is 0 Å². The number of fused-ring (bicyclic) bond motifs is 1. The van der Waals surface area contributed by atoms with E-state index in [0.717, 1.165) is 60.6 Å². The van der Waals surface area contributed by atoms with Crippen LogP contribution in [0.5, 0.6) is 0 Å². The van der Waals surface area contributed by atoms with Crippen molar-refractivity contribution in [2.24, 2.45) is 0 Å². The summed E-state index contributed by atoms with van der Waals surface area (Å²) in [4.78, 5) is 15.7. The van der Waals surface area contributed by atoms with Gasteiger partial charge in [-0.2, -0.15) is 13.2 Å². The van der Waals surface area contributed by atoms with Crippen molar-refractivity contribution in [1.29, 1.82) is 0 Å². The van der Waals surface area contributed by atoms with Gasteiger partial charge in [-0.1, -0.05) is 80.6 Å². The van der Waals surface area contributed by atoms with Gasteiger partial charge >= 0.3 is 6.18 Å². The minimum Gasteiger partial charge on any atom is -0.354 e. The second-order valence-corrected chi connectivity index (χ2v) is 10.7. The second kappa shape index (κ2) is 13.9. The van der Waals surface area contributed by atoms with Crippen LogP contribution >= 0.6 is 0 Å². The van der Waals surface area contributed by atoms with Gasteiger partial charge in [0.05, 0.1) is 5.56 Å². The average molecular weight is 564 g/mol. The number of hydrogen-bond acceptors (Lipinski definition) is 2.